The lowest BCUT2D eigenvalue weighted by Gasteiger charge is -2.01. The molecular formula is C9H11N7S. The molecule has 2 aromatic heterocycles. The number of aromatic nitrogens is 6. The van der Waals surface area contributed by atoms with E-state index < -0.39 is 0 Å². The Morgan fingerprint density at radius 2 is 2.24 bits per heavy atom. The fraction of sp³-hybridized carbons (Fsp3) is 0.444. The Hall–Kier alpha value is -1.70. The number of thioether (sulfide) groups is 1. The molecule has 0 bridgehead atoms. The lowest BCUT2D eigenvalue weighted by Crippen LogP contribution is -1.99. The second-order valence-electron chi connectivity index (χ2n) is 3.86. The molecule has 3 rings (SSSR count). The molecule has 0 unspecified atom stereocenters. The van der Waals surface area contributed by atoms with Gasteiger partial charge in [0.2, 0.25) is 5.16 Å². The zero-order valence-corrected chi connectivity index (χ0v) is 9.84. The predicted octanol–water partition coefficient (Wildman–Crippen LogP) is 0.672. The molecule has 7 nitrogen and oxygen atoms in total. The number of hydrogen-bond donors (Lipinski definition) is 1. The number of hydrogen-bond acceptors (Lipinski definition) is 7. The maximum atomic E-state index is 5.47. The van der Waals surface area contributed by atoms with Crippen molar-refractivity contribution >= 4 is 17.6 Å². The van der Waals surface area contributed by atoms with E-state index in [0.29, 0.717) is 17.6 Å². The summed E-state index contributed by atoms with van der Waals surface area (Å²) in [6.45, 7) is 0. The summed E-state index contributed by atoms with van der Waals surface area (Å²) in [6, 6.07) is 0.491. The fourth-order valence-electron chi connectivity index (χ4n) is 1.41. The molecule has 0 saturated heterocycles. The molecule has 1 fully saturated rings. The van der Waals surface area contributed by atoms with Crippen LogP contribution in [0.4, 0.5) is 5.82 Å². The Balaban J connectivity index is 1.67. The van der Waals surface area contributed by atoms with Crippen molar-refractivity contribution < 1.29 is 0 Å². The quantitative estimate of drug-likeness (QED) is 0.795. The molecule has 0 spiro atoms. The Morgan fingerprint density at radius 3 is 2.94 bits per heavy atom. The van der Waals surface area contributed by atoms with Crippen LogP contribution in [-0.2, 0) is 5.75 Å². The highest BCUT2D eigenvalue weighted by atomic mass is 32.2. The van der Waals surface area contributed by atoms with Crippen LogP contribution in [0.15, 0.2) is 17.6 Å². The molecule has 0 atom stereocenters. The van der Waals surface area contributed by atoms with Gasteiger partial charge in [0, 0.05) is 5.75 Å². The number of nitrogens with zero attached hydrogens (tertiary/aromatic N) is 6. The summed E-state index contributed by atoms with van der Waals surface area (Å²) in [4.78, 5) is 8.17. The SMILES string of the molecule is Nc1cnc(CSc2nnnn2C2CC2)cn1. The predicted molar refractivity (Wildman–Crippen MR) is 62.1 cm³/mol. The minimum atomic E-state index is 0.432. The van der Waals surface area contributed by atoms with Crippen LogP contribution in [0.1, 0.15) is 24.6 Å². The second kappa shape index (κ2) is 4.28. The molecule has 0 aromatic carbocycles. The zero-order chi connectivity index (χ0) is 11.7. The van der Waals surface area contributed by atoms with E-state index in [2.05, 4.69) is 25.5 Å². The van der Waals surface area contributed by atoms with Crippen LogP contribution in [0, 0.1) is 0 Å². The maximum Gasteiger partial charge on any atom is 0.209 e. The smallest absolute Gasteiger partial charge is 0.209 e. The van der Waals surface area contributed by atoms with Gasteiger partial charge in [-0.05, 0) is 23.3 Å². The normalized spacial score (nSPS) is 15.1. The topological polar surface area (TPSA) is 95.4 Å². The summed E-state index contributed by atoms with van der Waals surface area (Å²) in [7, 11) is 0. The molecule has 2 N–H and O–H groups in total. The first-order valence-electron chi connectivity index (χ1n) is 5.30. The van der Waals surface area contributed by atoms with Gasteiger partial charge in [0.05, 0.1) is 24.1 Å². The van der Waals surface area contributed by atoms with Gasteiger partial charge >= 0.3 is 0 Å². The van der Waals surface area contributed by atoms with Gasteiger partial charge in [-0.1, -0.05) is 11.8 Å². The third-order valence-corrected chi connectivity index (χ3v) is 3.40. The average molecular weight is 249 g/mol. The van der Waals surface area contributed by atoms with Gasteiger partial charge in [-0.15, -0.1) is 5.10 Å². The van der Waals surface area contributed by atoms with Gasteiger partial charge in [-0.25, -0.2) is 9.67 Å². The summed E-state index contributed by atoms with van der Waals surface area (Å²) < 4.78 is 1.88. The minimum absolute atomic E-state index is 0.432. The van der Waals surface area contributed by atoms with Crippen LogP contribution in [0.25, 0.3) is 0 Å². The standard InChI is InChI=1S/C9H11N7S/c10-8-4-11-6(3-12-8)5-17-9-13-14-15-16(9)7-1-2-7/h3-4,7H,1-2,5H2,(H2,10,12). The number of nitrogen functional groups attached to an aromatic ring is 1. The van der Waals surface area contributed by atoms with Crippen molar-refractivity contribution in [3.8, 4) is 0 Å². The van der Waals surface area contributed by atoms with Crippen LogP contribution in [0.3, 0.4) is 0 Å². The monoisotopic (exact) mass is 249 g/mol. The fourth-order valence-corrected chi connectivity index (χ4v) is 2.24. The highest BCUT2D eigenvalue weighted by Crippen LogP contribution is 2.36. The number of anilines is 1. The van der Waals surface area contributed by atoms with Gasteiger partial charge in [0.15, 0.2) is 0 Å². The van der Waals surface area contributed by atoms with E-state index in [9.17, 15) is 0 Å². The van der Waals surface area contributed by atoms with E-state index >= 15 is 0 Å². The molecule has 1 saturated carbocycles. The Morgan fingerprint density at radius 1 is 1.35 bits per heavy atom. The third-order valence-electron chi connectivity index (χ3n) is 2.43. The minimum Gasteiger partial charge on any atom is -0.382 e. The van der Waals surface area contributed by atoms with Crippen LogP contribution < -0.4 is 5.73 Å². The summed E-state index contributed by atoms with van der Waals surface area (Å²) in [5.74, 6) is 1.13. The van der Waals surface area contributed by atoms with Gasteiger partial charge in [0.25, 0.3) is 0 Å². The molecule has 0 radical (unpaired) electrons. The average Bonchev–Trinajstić information content (AvgIpc) is 3.08. The van der Waals surface area contributed by atoms with E-state index in [1.807, 2.05) is 4.68 Å². The lowest BCUT2D eigenvalue weighted by atomic mass is 10.5. The van der Waals surface area contributed by atoms with Crippen LogP contribution >= 0.6 is 11.8 Å². The summed E-state index contributed by atoms with van der Waals surface area (Å²) in [5.41, 5.74) is 6.34. The summed E-state index contributed by atoms with van der Waals surface area (Å²) in [6.07, 6.45) is 5.56. The van der Waals surface area contributed by atoms with E-state index in [0.717, 1.165) is 10.9 Å². The highest BCUT2D eigenvalue weighted by Gasteiger charge is 2.27. The Kier molecular flexibility index (Phi) is 2.63. The second-order valence-corrected chi connectivity index (χ2v) is 4.80. The largest absolute Gasteiger partial charge is 0.382 e. The third kappa shape index (κ3) is 2.36. The highest BCUT2D eigenvalue weighted by molar-refractivity contribution is 7.98. The van der Waals surface area contributed by atoms with Gasteiger partial charge in [-0.2, -0.15) is 0 Å². The molecular weight excluding hydrogens is 238 g/mol. The van der Waals surface area contributed by atoms with E-state index in [1.165, 1.54) is 12.8 Å². The number of tetrazole rings is 1. The molecule has 0 amide bonds. The first kappa shape index (κ1) is 10.5. The first-order chi connectivity index (χ1) is 8.33. The lowest BCUT2D eigenvalue weighted by molar-refractivity contribution is 0.565. The van der Waals surface area contributed by atoms with Crippen LogP contribution in [-0.4, -0.2) is 30.2 Å². The molecule has 8 heteroatoms. The first-order valence-corrected chi connectivity index (χ1v) is 6.28. The summed E-state index contributed by atoms with van der Waals surface area (Å²) in [5, 5.41) is 12.5. The van der Waals surface area contributed by atoms with Crippen molar-refractivity contribution in [3.05, 3.63) is 18.1 Å². The maximum absolute atomic E-state index is 5.47. The van der Waals surface area contributed by atoms with E-state index in [4.69, 9.17) is 5.73 Å². The summed E-state index contributed by atoms with van der Waals surface area (Å²) >= 11 is 1.56. The Bertz CT molecular complexity index is 504. The Labute approximate surface area is 102 Å². The van der Waals surface area contributed by atoms with E-state index in [-0.39, 0.29) is 0 Å². The molecule has 2 aromatic rings. The van der Waals surface area contributed by atoms with Crippen molar-refractivity contribution in [1.29, 1.82) is 0 Å². The number of nitrogens with two attached hydrogens (primary N) is 1. The van der Waals surface area contributed by atoms with Crippen molar-refractivity contribution in [1.82, 2.24) is 30.2 Å². The molecule has 88 valence electrons. The van der Waals surface area contributed by atoms with Gasteiger partial charge in [0.1, 0.15) is 5.82 Å². The zero-order valence-electron chi connectivity index (χ0n) is 9.02. The van der Waals surface area contributed by atoms with Crippen molar-refractivity contribution in [2.45, 2.75) is 29.8 Å². The molecule has 0 aliphatic heterocycles. The van der Waals surface area contributed by atoms with E-state index in [1.54, 1.807) is 24.2 Å². The van der Waals surface area contributed by atoms with Crippen molar-refractivity contribution in [2.75, 3.05) is 5.73 Å². The van der Waals surface area contributed by atoms with Crippen molar-refractivity contribution in [2.24, 2.45) is 0 Å². The molecule has 17 heavy (non-hydrogen) atoms. The number of rotatable bonds is 4. The van der Waals surface area contributed by atoms with Crippen molar-refractivity contribution in [3.63, 3.8) is 0 Å². The van der Waals surface area contributed by atoms with Gasteiger partial charge in [-0.3, -0.25) is 4.98 Å². The molecule has 1 aliphatic carbocycles. The van der Waals surface area contributed by atoms with Crippen LogP contribution in [0.2, 0.25) is 0 Å². The van der Waals surface area contributed by atoms with Gasteiger partial charge < -0.3 is 5.73 Å². The molecule has 2 heterocycles. The van der Waals surface area contributed by atoms with Crippen LogP contribution in [0.5, 0.6) is 0 Å². The molecule has 1 aliphatic rings.